The van der Waals surface area contributed by atoms with Crippen LogP contribution in [0.4, 0.5) is 11.8 Å². The van der Waals surface area contributed by atoms with Crippen molar-refractivity contribution < 1.29 is 9.52 Å². The fraction of sp³-hybridized carbons (Fsp3) is 0.412. The lowest BCUT2D eigenvalue weighted by atomic mass is 10.1. The molecule has 8 heteroatoms. The molecule has 0 saturated carbocycles. The first-order chi connectivity index (χ1) is 11.8. The molecule has 0 aromatic carbocycles. The highest BCUT2D eigenvalue weighted by Gasteiger charge is 2.14. The summed E-state index contributed by atoms with van der Waals surface area (Å²) in [4.78, 5) is 4.34. The van der Waals surface area contributed by atoms with Crippen LogP contribution in [-0.2, 0) is 13.0 Å². The Labute approximate surface area is 145 Å². The summed E-state index contributed by atoms with van der Waals surface area (Å²) in [5, 5.41) is 25.5. The molecule has 0 amide bonds. The third kappa shape index (κ3) is 3.47. The monoisotopic (exact) mass is 342 g/mol. The second-order valence-electron chi connectivity index (χ2n) is 6.17. The summed E-state index contributed by atoms with van der Waals surface area (Å²) in [5.41, 5.74) is 4.26. The van der Waals surface area contributed by atoms with Crippen molar-refractivity contribution in [1.29, 1.82) is 0 Å². The molecule has 0 fully saturated rings. The van der Waals surface area contributed by atoms with Crippen LogP contribution in [0, 0.1) is 34.6 Å². The van der Waals surface area contributed by atoms with Crippen LogP contribution in [0.1, 0.15) is 34.1 Å². The van der Waals surface area contributed by atoms with E-state index in [2.05, 4.69) is 25.6 Å². The number of hydrogen-bond donors (Lipinski definition) is 2. The number of nitrogens with one attached hydrogen (secondary N) is 1. The molecule has 0 unspecified atom stereocenters. The number of aryl methyl sites for hydroxylation is 5. The molecule has 0 radical (unpaired) electrons. The Hall–Kier alpha value is -2.90. The van der Waals surface area contributed by atoms with E-state index in [1.807, 2.05) is 38.4 Å². The van der Waals surface area contributed by atoms with Gasteiger partial charge in [-0.25, -0.2) is 4.98 Å². The maximum Gasteiger partial charge on any atom is 0.321 e. The van der Waals surface area contributed by atoms with Gasteiger partial charge in [-0.05, 0) is 51.8 Å². The molecular weight excluding hydrogens is 320 g/mol. The number of aromatic nitrogens is 5. The molecule has 3 aromatic heterocycles. The van der Waals surface area contributed by atoms with Crippen LogP contribution in [0.3, 0.4) is 0 Å². The maximum absolute atomic E-state index is 9.93. The average Bonchev–Trinajstić information content (AvgIpc) is 3.14. The summed E-state index contributed by atoms with van der Waals surface area (Å²) in [6.07, 6.45) is 0.594. The van der Waals surface area contributed by atoms with Crippen LogP contribution in [0.5, 0.6) is 5.75 Å². The molecule has 3 heterocycles. The minimum Gasteiger partial charge on any atom is -0.506 e. The van der Waals surface area contributed by atoms with Gasteiger partial charge >= 0.3 is 6.01 Å². The Morgan fingerprint density at radius 1 is 1.12 bits per heavy atom. The molecule has 0 bridgehead atoms. The highest BCUT2D eigenvalue weighted by molar-refractivity contribution is 5.58. The van der Waals surface area contributed by atoms with Crippen LogP contribution in [0.25, 0.3) is 0 Å². The van der Waals surface area contributed by atoms with Crippen LogP contribution in [0.15, 0.2) is 10.5 Å². The fourth-order valence-corrected chi connectivity index (χ4v) is 2.66. The zero-order valence-electron chi connectivity index (χ0n) is 15.1. The minimum absolute atomic E-state index is 0.208. The van der Waals surface area contributed by atoms with E-state index in [9.17, 15) is 5.11 Å². The molecule has 0 saturated heterocycles. The first-order valence-electron chi connectivity index (χ1n) is 8.12. The van der Waals surface area contributed by atoms with E-state index in [1.54, 1.807) is 6.92 Å². The Bertz CT molecular complexity index is 912. The standard InChI is InChI=1S/C17H22N6O2/c1-9-8-10(2)23(22-9)7-6-14-20-21-17(25-14)19-16-12(4)11(3)15(24)13(5)18-16/h8,24H,6-7H2,1-5H3,(H,18,19,21). The molecule has 3 rings (SSSR count). The van der Waals surface area contributed by atoms with Crippen molar-refractivity contribution in [1.82, 2.24) is 25.0 Å². The normalized spacial score (nSPS) is 11.1. The van der Waals surface area contributed by atoms with Crippen molar-refractivity contribution in [3.8, 4) is 5.75 Å². The highest BCUT2D eigenvalue weighted by Crippen LogP contribution is 2.29. The lowest BCUT2D eigenvalue weighted by Crippen LogP contribution is -2.05. The number of nitrogens with zero attached hydrogens (tertiary/aromatic N) is 5. The number of anilines is 2. The van der Waals surface area contributed by atoms with Gasteiger partial charge in [-0.1, -0.05) is 5.10 Å². The smallest absolute Gasteiger partial charge is 0.321 e. The Balaban J connectivity index is 1.71. The van der Waals surface area contributed by atoms with Crippen LogP contribution in [-0.4, -0.2) is 30.1 Å². The first-order valence-corrected chi connectivity index (χ1v) is 8.12. The molecular formula is C17H22N6O2. The summed E-state index contributed by atoms with van der Waals surface area (Å²) < 4.78 is 7.57. The van der Waals surface area contributed by atoms with Gasteiger partial charge in [-0.3, -0.25) is 10.00 Å². The summed E-state index contributed by atoms with van der Waals surface area (Å²) >= 11 is 0. The molecule has 0 spiro atoms. The van der Waals surface area contributed by atoms with E-state index >= 15 is 0 Å². The summed E-state index contributed by atoms with van der Waals surface area (Å²) in [5.74, 6) is 1.33. The number of hydrogen-bond acceptors (Lipinski definition) is 7. The van der Waals surface area contributed by atoms with E-state index in [0.717, 1.165) is 22.5 Å². The number of pyridine rings is 1. The van der Waals surface area contributed by atoms with Crippen LogP contribution in [0.2, 0.25) is 0 Å². The second-order valence-corrected chi connectivity index (χ2v) is 6.17. The molecule has 132 valence electrons. The van der Waals surface area contributed by atoms with Gasteiger partial charge in [0, 0.05) is 18.7 Å². The van der Waals surface area contributed by atoms with Gasteiger partial charge in [0.25, 0.3) is 0 Å². The van der Waals surface area contributed by atoms with E-state index in [-0.39, 0.29) is 11.8 Å². The van der Waals surface area contributed by atoms with E-state index < -0.39 is 0 Å². The first kappa shape index (κ1) is 16.9. The number of aromatic hydroxyl groups is 1. The summed E-state index contributed by atoms with van der Waals surface area (Å²) in [7, 11) is 0. The van der Waals surface area contributed by atoms with Gasteiger partial charge in [-0.2, -0.15) is 5.10 Å². The Morgan fingerprint density at radius 3 is 2.56 bits per heavy atom. The third-order valence-electron chi connectivity index (χ3n) is 4.23. The van der Waals surface area contributed by atoms with Gasteiger partial charge in [0.2, 0.25) is 5.89 Å². The van der Waals surface area contributed by atoms with Crippen molar-refractivity contribution in [3.05, 3.63) is 40.2 Å². The molecule has 3 aromatic rings. The van der Waals surface area contributed by atoms with Crippen molar-refractivity contribution >= 4 is 11.8 Å². The van der Waals surface area contributed by atoms with Gasteiger partial charge in [0.05, 0.1) is 11.4 Å². The SMILES string of the molecule is Cc1cc(C)n(CCc2nnc(Nc3nc(C)c(O)c(C)c3C)o2)n1. The molecule has 2 N–H and O–H groups in total. The molecule has 0 atom stereocenters. The quantitative estimate of drug-likeness (QED) is 0.735. The minimum atomic E-state index is 0.208. The average molecular weight is 342 g/mol. The predicted molar refractivity (Wildman–Crippen MR) is 93.1 cm³/mol. The van der Waals surface area contributed by atoms with Gasteiger partial charge in [0.15, 0.2) is 0 Å². The van der Waals surface area contributed by atoms with Crippen molar-refractivity contribution in [2.75, 3.05) is 5.32 Å². The van der Waals surface area contributed by atoms with Crippen molar-refractivity contribution in [2.24, 2.45) is 0 Å². The molecule has 8 nitrogen and oxygen atoms in total. The summed E-state index contributed by atoms with van der Waals surface area (Å²) in [6.45, 7) is 10.1. The third-order valence-corrected chi connectivity index (χ3v) is 4.23. The largest absolute Gasteiger partial charge is 0.506 e. The van der Waals surface area contributed by atoms with Gasteiger partial charge in [-0.15, -0.1) is 5.10 Å². The summed E-state index contributed by atoms with van der Waals surface area (Å²) in [6, 6.07) is 2.31. The van der Waals surface area contributed by atoms with Gasteiger partial charge in [0.1, 0.15) is 11.6 Å². The fourth-order valence-electron chi connectivity index (χ4n) is 2.66. The molecule has 25 heavy (non-hydrogen) atoms. The van der Waals surface area contributed by atoms with Crippen molar-refractivity contribution in [3.63, 3.8) is 0 Å². The zero-order valence-corrected chi connectivity index (χ0v) is 15.1. The maximum atomic E-state index is 9.93. The molecule has 0 aliphatic rings. The lowest BCUT2D eigenvalue weighted by molar-refractivity contribution is 0.462. The zero-order chi connectivity index (χ0) is 18.1. The highest BCUT2D eigenvalue weighted by atomic mass is 16.4. The molecule has 0 aliphatic heterocycles. The second kappa shape index (κ2) is 6.54. The van der Waals surface area contributed by atoms with Gasteiger partial charge < -0.3 is 9.52 Å². The van der Waals surface area contributed by atoms with Crippen LogP contribution < -0.4 is 5.32 Å². The topological polar surface area (TPSA) is 102 Å². The Morgan fingerprint density at radius 2 is 1.88 bits per heavy atom. The van der Waals surface area contributed by atoms with E-state index in [1.165, 1.54) is 0 Å². The predicted octanol–water partition coefficient (Wildman–Crippen LogP) is 2.90. The van der Waals surface area contributed by atoms with Crippen molar-refractivity contribution in [2.45, 2.75) is 47.6 Å². The lowest BCUT2D eigenvalue weighted by Gasteiger charge is -2.11. The number of rotatable bonds is 5. The van der Waals surface area contributed by atoms with E-state index in [0.29, 0.717) is 30.4 Å². The van der Waals surface area contributed by atoms with E-state index in [4.69, 9.17) is 4.42 Å². The molecule has 0 aliphatic carbocycles. The Kier molecular flexibility index (Phi) is 4.43. The van der Waals surface area contributed by atoms with Crippen LogP contribution >= 0.6 is 0 Å².